The minimum absolute atomic E-state index is 0.0854. The average molecular weight is 182 g/mol. The predicted molar refractivity (Wildman–Crippen MR) is 43.0 cm³/mol. The fourth-order valence-corrected chi connectivity index (χ4v) is 0.953. The Labute approximate surface area is 74.8 Å². The van der Waals surface area contributed by atoms with Gasteiger partial charge in [0.25, 0.3) is 5.92 Å². The number of aromatic nitrogens is 1. The Morgan fingerprint density at radius 3 is 2.54 bits per heavy atom. The van der Waals surface area contributed by atoms with Gasteiger partial charge in [0.2, 0.25) is 0 Å². The van der Waals surface area contributed by atoms with Gasteiger partial charge in [0.05, 0.1) is 6.07 Å². The minimum atomic E-state index is -2.92. The van der Waals surface area contributed by atoms with E-state index >= 15 is 0 Å². The first kappa shape index (κ1) is 9.59. The average Bonchev–Trinajstić information content (AvgIpc) is 2.16. The summed E-state index contributed by atoms with van der Waals surface area (Å²) < 4.78 is 26.3. The van der Waals surface area contributed by atoms with E-state index in [1.54, 1.807) is 6.07 Å². The van der Waals surface area contributed by atoms with Crippen LogP contribution in [0, 0.1) is 11.3 Å². The molecule has 68 valence electrons. The number of pyridine rings is 1. The maximum absolute atomic E-state index is 13.2. The van der Waals surface area contributed by atoms with E-state index in [0.717, 1.165) is 0 Å². The summed E-state index contributed by atoms with van der Waals surface area (Å²) in [6, 6.07) is 4.22. The lowest BCUT2D eigenvalue weighted by molar-refractivity contribution is -0.0120. The summed E-state index contributed by atoms with van der Waals surface area (Å²) in [5.41, 5.74) is -0.0854. The van der Waals surface area contributed by atoms with Crippen LogP contribution < -0.4 is 0 Å². The standard InChI is InChI=1S/C9H8F2N2/c10-9(11,4-1-5-12)8-2-6-13-7-3-8/h2-3,6-7H,1,4H2. The van der Waals surface area contributed by atoms with Crippen molar-refractivity contribution in [3.05, 3.63) is 30.1 Å². The fourth-order valence-electron chi connectivity index (χ4n) is 0.953. The van der Waals surface area contributed by atoms with Gasteiger partial charge in [-0.25, -0.2) is 8.78 Å². The van der Waals surface area contributed by atoms with Crippen molar-refractivity contribution in [3.63, 3.8) is 0 Å². The summed E-state index contributed by atoms with van der Waals surface area (Å²) in [6.07, 6.45) is 2.05. The molecule has 0 saturated carbocycles. The number of halogens is 2. The Kier molecular flexibility index (Phi) is 2.91. The van der Waals surface area contributed by atoms with E-state index in [9.17, 15) is 8.78 Å². The monoisotopic (exact) mass is 182 g/mol. The lowest BCUT2D eigenvalue weighted by Gasteiger charge is -2.14. The predicted octanol–water partition coefficient (Wildman–Crippen LogP) is 2.48. The Hall–Kier alpha value is -1.50. The largest absolute Gasteiger partial charge is 0.274 e. The van der Waals surface area contributed by atoms with Gasteiger partial charge in [-0.05, 0) is 12.1 Å². The molecule has 0 unspecified atom stereocenters. The molecule has 1 aromatic rings. The van der Waals surface area contributed by atoms with Crippen LogP contribution in [0.5, 0.6) is 0 Å². The summed E-state index contributed by atoms with van der Waals surface area (Å²) in [5, 5.41) is 8.18. The van der Waals surface area contributed by atoms with Crippen LogP contribution in [-0.2, 0) is 5.92 Å². The zero-order valence-corrected chi connectivity index (χ0v) is 6.87. The van der Waals surface area contributed by atoms with Crippen LogP contribution in [0.3, 0.4) is 0 Å². The van der Waals surface area contributed by atoms with Crippen molar-refractivity contribution in [2.45, 2.75) is 18.8 Å². The third-order valence-corrected chi connectivity index (χ3v) is 1.65. The van der Waals surface area contributed by atoms with Gasteiger partial charge in [0.1, 0.15) is 0 Å². The maximum atomic E-state index is 13.2. The summed E-state index contributed by atoms with van der Waals surface area (Å²) in [5.74, 6) is -2.92. The smallest absolute Gasteiger partial charge is 0.265 e. The van der Waals surface area contributed by atoms with Crippen LogP contribution in [-0.4, -0.2) is 4.98 Å². The van der Waals surface area contributed by atoms with Crippen molar-refractivity contribution < 1.29 is 8.78 Å². The van der Waals surface area contributed by atoms with Crippen LogP contribution in [0.15, 0.2) is 24.5 Å². The summed E-state index contributed by atoms with van der Waals surface area (Å²) in [7, 11) is 0. The summed E-state index contributed by atoms with van der Waals surface area (Å²) in [6.45, 7) is 0. The number of rotatable bonds is 3. The van der Waals surface area contributed by atoms with E-state index in [2.05, 4.69) is 4.98 Å². The van der Waals surface area contributed by atoms with Gasteiger partial charge >= 0.3 is 0 Å². The van der Waals surface area contributed by atoms with E-state index in [-0.39, 0.29) is 12.0 Å². The normalized spacial score (nSPS) is 10.8. The second-order valence-electron chi connectivity index (χ2n) is 2.60. The van der Waals surface area contributed by atoms with Gasteiger partial charge in [0, 0.05) is 30.8 Å². The zero-order valence-electron chi connectivity index (χ0n) is 6.87. The molecule has 0 radical (unpaired) electrons. The van der Waals surface area contributed by atoms with Crippen molar-refractivity contribution in [1.82, 2.24) is 4.98 Å². The fraction of sp³-hybridized carbons (Fsp3) is 0.333. The topological polar surface area (TPSA) is 36.7 Å². The van der Waals surface area contributed by atoms with Crippen molar-refractivity contribution in [2.24, 2.45) is 0 Å². The molecule has 0 aliphatic rings. The molecule has 0 bridgehead atoms. The highest BCUT2D eigenvalue weighted by molar-refractivity contribution is 5.16. The molecule has 1 rings (SSSR count). The van der Waals surface area contributed by atoms with Gasteiger partial charge in [-0.2, -0.15) is 5.26 Å². The molecule has 2 nitrogen and oxygen atoms in total. The Bertz CT molecular complexity index is 303. The molecule has 0 fully saturated rings. The lowest BCUT2D eigenvalue weighted by Crippen LogP contribution is -2.12. The van der Waals surface area contributed by atoms with E-state index in [4.69, 9.17) is 5.26 Å². The third-order valence-electron chi connectivity index (χ3n) is 1.65. The van der Waals surface area contributed by atoms with Gasteiger partial charge < -0.3 is 0 Å². The first-order valence-corrected chi connectivity index (χ1v) is 3.82. The quantitative estimate of drug-likeness (QED) is 0.720. The molecule has 13 heavy (non-hydrogen) atoms. The van der Waals surface area contributed by atoms with E-state index in [1.165, 1.54) is 24.5 Å². The SMILES string of the molecule is N#CCCC(F)(F)c1ccncc1. The molecule has 0 amide bonds. The molecule has 0 aliphatic carbocycles. The van der Waals surface area contributed by atoms with E-state index < -0.39 is 12.3 Å². The molecule has 0 N–H and O–H groups in total. The highest BCUT2D eigenvalue weighted by Crippen LogP contribution is 2.31. The van der Waals surface area contributed by atoms with Crippen molar-refractivity contribution in [3.8, 4) is 6.07 Å². The molecular weight excluding hydrogens is 174 g/mol. The molecule has 1 aromatic heterocycles. The number of nitrogens with zero attached hydrogens (tertiary/aromatic N) is 2. The number of nitriles is 1. The molecule has 0 spiro atoms. The van der Waals surface area contributed by atoms with Crippen molar-refractivity contribution in [1.29, 1.82) is 5.26 Å². The Morgan fingerprint density at radius 1 is 1.38 bits per heavy atom. The van der Waals surface area contributed by atoms with Crippen LogP contribution in [0.2, 0.25) is 0 Å². The van der Waals surface area contributed by atoms with Gasteiger partial charge in [-0.15, -0.1) is 0 Å². The van der Waals surface area contributed by atoms with Crippen molar-refractivity contribution in [2.75, 3.05) is 0 Å². The lowest BCUT2D eigenvalue weighted by atomic mass is 10.1. The molecule has 1 heterocycles. The summed E-state index contributed by atoms with van der Waals surface area (Å²) >= 11 is 0. The molecule has 0 atom stereocenters. The minimum Gasteiger partial charge on any atom is -0.265 e. The van der Waals surface area contributed by atoms with Crippen molar-refractivity contribution >= 4 is 0 Å². The van der Waals surface area contributed by atoms with E-state index in [1.807, 2.05) is 0 Å². The van der Waals surface area contributed by atoms with Gasteiger partial charge in [0.15, 0.2) is 0 Å². The van der Waals surface area contributed by atoms with Gasteiger partial charge in [-0.1, -0.05) is 0 Å². The first-order chi connectivity index (χ1) is 6.17. The van der Waals surface area contributed by atoms with Crippen LogP contribution >= 0.6 is 0 Å². The number of alkyl halides is 2. The molecule has 4 heteroatoms. The number of hydrogen-bond donors (Lipinski definition) is 0. The second-order valence-corrected chi connectivity index (χ2v) is 2.60. The highest BCUT2D eigenvalue weighted by atomic mass is 19.3. The maximum Gasteiger partial charge on any atom is 0.274 e. The molecule has 0 aromatic carbocycles. The van der Waals surface area contributed by atoms with Crippen LogP contribution in [0.4, 0.5) is 8.78 Å². The Morgan fingerprint density at radius 2 is 2.00 bits per heavy atom. The molecule has 0 aliphatic heterocycles. The van der Waals surface area contributed by atoms with Gasteiger partial charge in [-0.3, -0.25) is 4.98 Å². The molecular formula is C9H8F2N2. The second kappa shape index (κ2) is 3.94. The van der Waals surface area contributed by atoms with Crippen LogP contribution in [0.1, 0.15) is 18.4 Å². The highest BCUT2D eigenvalue weighted by Gasteiger charge is 2.30. The number of hydrogen-bond acceptors (Lipinski definition) is 2. The first-order valence-electron chi connectivity index (χ1n) is 3.82. The molecule has 0 saturated heterocycles. The van der Waals surface area contributed by atoms with E-state index in [0.29, 0.717) is 0 Å². The third kappa shape index (κ3) is 2.48. The Balaban J connectivity index is 2.76. The summed E-state index contributed by atoms with van der Waals surface area (Å²) in [4.78, 5) is 3.64. The zero-order chi connectivity index (χ0) is 9.73. The van der Waals surface area contributed by atoms with Crippen LogP contribution in [0.25, 0.3) is 0 Å².